The molecule has 0 saturated carbocycles. The number of methoxy groups -OCH3 is 1. The van der Waals surface area contributed by atoms with Crippen molar-refractivity contribution in [3.05, 3.63) is 53.6 Å². The first-order valence-corrected chi connectivity index (χ1v) is 10.4. The van der Waals surface area contributed by atoms with E-state index in [0.29, 0.717) is 30.3 Å². The number of ether oxygens (including phenoxy) is 2. The number of amides is 1. The fraction of sp³-hybridized carbons (Fsp3) is 0.316. The Morgan fingerprint density at radius 3 is 2.63 bits per heavy atom. The molecule has 1 amide bonds. The van der Waals surface area contributed by atoms with Gasteiger partial charge in [0.1, 0.15) is 5.75 Å². The summed E-state index contributed by atoms with van der Waals surface area (Å²) in [6, 6.07) is 13.1. The van der Waals surface area contributed by atoms with E-state index in [1.54, 1.807) is 12.1 Å². The Balaban J connectivity index is 1.83. The highest BCUT2D eigenvalue weighted by atomic mass is 32.2. The number of sulfonamides is 1. The van der Waals surface area contributed by atoms with Crippen LogP contribution in [0.2, 0.25) is 0 Å². The number of rotatable bonds is 7. The van der Waals surface area contributed by atoms with Crippen LogP contribution in [0.1, 0.15) is 23.5 Å². The first kappa shape index (κ1) is 19.2. The summed E-state index contributed by atoms with van der Waals surface area (Å²) < 4.78 is 36.8. The summed E-state index contributed by atoms with van der Waals surface area (Å²) in [5.41, 5.74) is 2.81. The molecule has 0 fully saturated rings. The lowest BCUT2D eigenvalue weighted by atomic mass is 9.90. The van der Waals surface area contributed by atoms with Crippen LogP contribution in [-0.2, 0) is 26.2 Å². The number of benzene rings is 2. The van der Waals surface area contributed by atoms with Crippen LogP contribution in [-0.4, -0.2) is 34.3 Å². The van der Waals surface area contributed by atoms with E-state index in [0.717, 1.165) is 17.4 Å². The maximum absolute atomic E-state index is 12.1. The molecule has 2 aromatic carbocycles. The second-order valence-corrected chi connectivity index (χ2v) is 8.21. The summed E-state index contributed by atoms with van der Waals surface area (Å²) in [5.74, 6) is 0.0514. The molecule has 0 spiro atoms. The van der Waals surface area contributed by atoms with Gasteiger partial charge < -0.3 is 14.8 Å². The molecule has 0 saturated heterocycles. The van der Waals surface area contributed by atoms with Crippen molar-refractivity contribution in [3.63, 3.8) is 0 Å². The molecule has 1 heterocycles. The number of fused-ring (bicyclic) bond motifs is 1. The molecule has 3 rings (SSSR count). The molecule has 0 radical (unpaired) electrons. The van der Waals surface area contributed by atoms with Gasteiger partial charge in [0.05, 0.1) is 32.3 Å². The number of carbonyl (C=O) groups excluding carboxylic acids is 1. The molecule has 27 heavy (non-hydrogen) atoms. The van der Waals surface area contributed by atoms with Gasteiger partial charge in [0.2, 0.25) is 15.9 Å². The van der Waals surface area contributed by atoms with Gasteiger partial charge in [0.25, 0.3) is 0 Å². The summed E-state index contributed by atoms with van der Waals surface area (Å²) in [6.45, 7) is 0.791. The van der Waals surface area contributed by atoms with Crippen molar-refractivity contribution < 1.29 is 22.7 Å². The highest BCUT2D eigenvalue weighted by molar-refractivity contribution is 7.92. The fourth-order valence-corrected chi connectivity index (χ4v) is 3.63. The van der Waals surface area contributed by atoms with Crippen LogP contribution in [0, 0.1) is 0 Å². The molecule has 1 aliphatic heterocycles. The lowest BCUT2D eigenvalue weighted by molar-refractivity contribution is -0.117. The third-order valence-electron chi connectivity index (χ3n) is 4.24. The van der Waals surface area contributed by atoms with Gasteiger partial charge in [0.15, 0.2) is 0 Å². The molecule has 7 nitrogen and oxygen atoms in total. The smallest absolute Gasteiger partial charge is 0.229 e. The molecule has 0 bridgehead atoms. The maximum Gasteiger partial charge on any atom is 0.229 e. The Labute approximate surface area is 158 Å². The summed E-state index contributed by atoms with van der Waals surface area (Å²) in [6.07, 6.45) is 1.35. The highest BCUT2D eigenvalue weighted by Crippen LogP contribution is 2.39. The molecule has 0 unspecified atom stereocenters. The Morgan fingerprint density at radius 1 is 1.22 bits per heavy atom. The molecule has 1 aliphatic rings. The quantitative estimate of drug-likeness (QED) is 0.758. The standard InChI is InChI=1S/C19H22N2O5S/c1-25-18-10-16-15(9-17(18)21-27(2,23)24)14(8-19(22)20-16)12-26-11-13-6-4-3-5-7-13/h3-7,9-10,14,21H,8,11-12H2,1-2H3,(H,20,22)/t14-/m1/s1. The average Bonchev–Trinajstić information content (AvgIpc) is 2.61. The van der Waals surface area contributed by atoms with Crippen molar-refractivity contribution in [1.82, 2.24) is 0 Å². The summed E-state index contributed by atoms with van der Waals surface area (Å²) in [5, 5.41) is 2.81. The van der Waals surface area contributed by atoms with Crippen LogP contribution >= 0.6 is 0 Å². The van der Waals surface area contributed by atoms with E-state index in [-0.39, 0.29) is 18.2 Å². The largest absolute Gasteiger partial charge is 0.494 e. The minimum atomic E-state index is -3.47. The Morgan fingerprint density at radius 2 is 1.96 bits per heavy atom. The summed E-state index contributed by atoms with van der Waals surface area (Å²) >= 11 is 0. The van der Waals surface area contributed by atoms with E-state index in [9.17, 15) is 13.2 Å². The third kappa shape index (κ3) is 4.99. The minimum Gasteiger partial charge on any atom is -0.494 e. The predicted octanol–water partition coefficient (Wildman–Crippen LogP) is 2.71. The van der Waals surface area contributed by atoms with Crippen LogP contribution in [0.15, 0.2) is 42.5 Å². The van der Waals surface area contributed by atoms with E-state index in [1.807, 2.05) is 30.3 Å². The number of carbonyl (C=O) groups is 1. The summed E-state index contributed by atoms with van der Waals surface area (Å²) in [4.78, 5) is 12.1. The van der Waals surface area contributed by atoms with E-state index < -0.39 is 10.0 Å². The number of nitrogens with one attached hydrogen (secondary N) is 2. The monoisotopic (exact) mass is 390 g/mol. The van der Waals surface area contributed by atoms with Crippen molar-refractivity contribution >= 4 is 27.3 Å². The Bertz CT molecular complexity index is 929. The van der Waals surface area contributed by atoms with Crippen LogP contribution in [0.4, 0.5) is 11.4 Å². The van der Waals surface area contributed by atoms with Gasteiger partial charge in [-0.2, -0.15) is 0 Å². The average molecular weight is 390 g/mol. The first-order valence-electron chi connectivity index (χ1n) is 8.47. The fourth-order valence-electron chi connectivity index (χ4n) is 3.07. The first-order chi connectivity index (χ1) is 12.9. The van der Waals surface area contributed by atoms with E-state index >= 15 is 0 Å². The maximum atomic E-state index is 12.1. The Hall–Kier alpha value is -2.58. The van der Waals surface area contributed by atoms with E-state index in [1.165, 1.54) is 7.11 Å². The molecular weight excluding hydrogens is 368 g/mol. The molecule has 144 valence electrons. The zero-order valence-corrected chi connectivity index (χ0v) is 16.0. The van der Waals surface area contributed by atoms with E-state index in [2.05, 4.69) is 10.0 Å². The third-order valence-corrected chi connectivity index (χ3v) is 4.83. The van der Waals surface area contributed by atoms with Crippen molar-refractivity contribution in [2.45, 2.75) is 18.9 Å². The molecule has 0 aliphatic carbocycles. The SMILES string of the molecule is COc1cc2c(cc1NS(C)(=O)=O)[C@@H](COCc1ccccc1)CC(=O)N2. The zero-order valence-electron chi connectivity index (χ0n) is 15.2. The molecular formula is C19H22N2O5S. The normalized spacial score (nSPS) is 16.4. The molecule has 2 N–H and O–H groups in total. The Kier molecular flexibility index (Phi) is 5.67. The summed E-state index contributed by atoms with van der Waals surface area (Å²) in [7, 11) is -2.02. The van der Waals surface area contributed by atoms with Gasteiger partial charge in [-0.25, -0.2) is 8.42 Å². The van der Waals surface area contributed by atoms with Gasteiger partial charge >= 0.3 is 0 Å². The van der Waals surface area contributed by atoms with Crippen LogP contribution in [0.5, 0.6) is 5.75 Å². The number of hydrogen-bond acceptors (Lipinski definition) is 5. The molecule has 0 aromatic heterocycles. The molecule has 2 aromatic rings. The van der Waals surface area contributed by atoms with Gasteiger partial charge in [0, 0.05) is 24.1 Å². The van der Waals surface area contributed by atoms with Crippen LogP contribution in [0.3, 0.4) is 0 Å². The van der Waals surface area contributed by atoms with E-state index in [4.69, 9.17) is 9.47 Å². The van der Waals surface area contributed by atoms with Crippen molar-refractivity contribution in [2.75, 3.05) is 30.0 Å². The van der Waals surface area contributed by atoms with Crippen molar-refractivity contribution in [2.24, 2.45) is 0 Å². The topological polar surface area (TPSA) is 93.7 Å². The molecule has 1 atom stereocenters. The second-order valence-electron chi connectivity index (χ2n) is 6.46. The number of hydrogen-bond donors (Lipinski definition) is 2. The second kappa shape index (κ2) is 7.98. The number of anilines is 2. The van der Waals surface area contributed by atoms with Crippen molar-refractivity contribution in [1.29, 1.82) is 0 Å². The van der Waals surface area contributed by atoms with Gasteiger partial charge in [-0.3, -0.25) is 9.52 Å². The zero-order chi connectivity index (χ0) is 19.4. The van der Waals surface area contributed by atoms with Crippen LogP contribution < -0.4 is 14.8 Å². The van der Waals surface area contributed by atoms with Crippen molar-refractivity contribution in [3.8, 4) is 5.75 Å². The lowest BCUT2D eigenvalue weighted by Gasteiger charge is -2.27. The predicted molar refractivity (Wildman–Crippen MR) is 104 cm³/mol. The van der Waals surface area contributed by atoms with Gasteiger partial charge in [-0.05, 0) is 17.2 Å². The lowest BCUT2D eigenvalue weighted by Crippen LogP contribution is -2.26. The minimum absolute atomic E-state index is 0.110. The highest BCUT2D eigenvalue weighted by Gasteiger charge is 2.27. The van der Waals surface area contributed by atoms with Gasteiger partial charge in [-0.1, -0.05) is 30.3 Å². The molecule has 8 heteroatoms. The van der Waals surface area contributed by atoms with Gasteiger partial charge in [-0.15, -0.1) is 0 Å². The van der Waals surface area contributed by atoms with Crippen LogP contribution in [0.25, 0.3) is 0 Å².